The number of alkyl halides is 3. The summed E-state index contributed by atoms with van der Waals surface area (Å²) in [4.78, 5) is 24.0. The Bertz CT molecular complexity index is 983. The van der Waals surface area contributed by atoms with Crippen LogP contribution in [0.3, 0.4) is 0 Å². The molecule has 29 heavy (non-hydrogen) atoms. The molecule has 0 spiro atoms. The van der Waals surface area contributed by atoms with E-state index in [1.54, 1.807) is 24.3 Å². The molecule has 150 valence electrons. The number of hydrogen-bond donors (Lipinski definition) is 2. The quantitative estimate of drug-likeness (QED) is 0.623. The van der Waals surface area contributed by atoms with Crippen molar-refractivity contribution in [1.29, 1.82) is 0 Å². The summed E-state index contributed by atoms with van der Waals surface area (Å²) in [5, 5.41) is 8.84. The number of carbonyl (C=O) groups is 2. The number of benzene rings is 2. The van der Waals surface area contributed by atoms with E-state index < -0.39 is 11.9 Å². The van der Waals surface area contributed by atoms with Crippen molar-refractivity contribution >= 4 is 11.8 Å². The average Bonchev–Trinajstić information content (AvgIpc) is 3.22. The number of nitrogens with one attached hydrogen (secondary N) is 2. The lowest BCUT2D eigenvalue weighted by atomic mass is 10.2. The molecule has 1 aromatic heterocycles. The van der Waals surface area contributed by atoms with Crippen molar-refractivity contribution in [2.24, 2.45) is 0 Å². The number of rotatable bonds is 6. The minimum atomic E-state index is -4.51. The standard InChI is InChI=1S/C20H17F3N4O2/c21-20(22,23)17-10-13-27(26-17)16-8-6-15(7-9-16)19(29)25-12-11-24-18(28)14-4-2-1-3-5-14/h1-10,13H,11-12H2,(H,24,28)(H,25,29). The summed E-state index contributed by atoms with van der Waals surface area (Å²) in [6.07, 6.45) is -3.31. The van der Waals surface area contributed by atoms with Crippen molar-refractivity contribution in [3.8, 4) is 5.69 Å². The van der Waals surface area contributed by atoms with E-state index in [9.17, 15) is 22.8 Å². The Balaban J connectivity index is 1.50. The monoisotopic (exact) mass is 402 g/mol. The Morgan fingerprint density at radius 1 is 0.828 bits per heavy atom. The second kappa shape index (κ2) is 8.59. The molecule has 2 N–H and O–H groups in total. The number of amides is 2. The Labute approximate surface area is 164 Å². The molecule has 3 rings (SSSR count). The third kappa shape index (κ3) is 5.22. The topological polar surface area (TPSA) is 76.0 Å². The van der Waals surface area contributed by atoms with Crippen molar-refractivity contribution in [2.45, 2.75) is 6.18 Å². The van der Waals surface area contributed by atoms with Gasteiger partial charge in [-0.15, -0.1) is 0 Å². The average molecular weight is 402 g/mol. The molecule has 2 aromatic carbocycles. The fourth-order valence-corrected chi connectivity index (χ4v) is 2.53. The van der Waals surface area contributed by atoms with Gasteiger partial charge in [-0.2, -0.15) is 18.3 Å². The fourth-order valence-electron chi connectivity index (χ4n) is 2.53. The zero-order valence-corrected chi connectivity index (χ0v) is 15.1. The van der Waals surface area contributed by atoms with E-state index in [1.165, 1.54) is 30.5 Å². The molecule has 2 amide bonds. The maximum absolute atomic E-state index is 12.6. The van der Waals surface area contributed by atoms with Crippen molar-refractivity contribution in [3.63, 3.8) is 0 Å². The summed E-state index contributed by atoms with van der Waals surface area (Å²) in [6.45, 7) is 0.484. The predicted molar refractivity (Wildman–Crippen MR) is 99.7 cm³/mol. The van der Waals surface area contributed by atoms with Crippen molar-refractivity contribution < 1.29 is 22.8 Å². The van der Waals surface area contributed by atoms with Crippen molar-refractivity contribution in [1.82, 2.24) is 20.4 Å². The highest BCUT2D eigenvalue weighted by atomic mass is 19.4. The van der Waals surface area contributed by atoms with E-state index in [4.69, 9.17) is 0 Å². The summed E-state index contributed by atoms with van der Waals surface area (Å²) >= 11 is 0. The van der Waals surface area contributed by atoms with Crippen molar-refractivity contribution in [3.05, 3.63) is 83.7 Å². The maximum atomic E-state index is 12.6. The van der Waals surface area contributed by atoms with Gasteiger partial charge in [0.15, 0.2) is 5.69 Å². The van der Waals surface area contributed by atoms with Gasteiger partial charge in [-0.1, -0.05) is 18.2 Å². The van der Waals surface area contributed by atoms with Gasteiger partial charge >= 0.3 is 6.18 Å². The Morgan fingerprint density at radius 3 is 1.90 bits per heavy atom. The molecule has 0 bridgehead atoms. The number of nitrogens with zero attached hydrogens (tertiary/aromatic N) is 2. The van der Waals surface area contributed by atoms with Crippen LogP contribution in [0.25, 0.3) is 5.69 Å². The van der Waals surface area contributed by atoms with Crippen LogP contribution in [0, 0.1) is 0 Å². The summed E-state index contributed by atoms with van der Waals surface area (Å²) in [5.41, 5.74) is 0.275. The minimum absolute atomic E-state index is 0.229. The molecule has 6 nitrogen and oxygen atoms in total. The molecule has 1 heterocycles. The molecule has 0 saturated heterocycles. The normalized spacial score (nSPS) is 11.1. The van der Waals surface area contributed by atoms with Gasteiger partial charge in [0.05, 0.1) is 5.69 Å². The zero-order chi connectivity index (χ0) is 20.9. The van der Waals surface area contributed by atoms with Crippen LogP contribution in [0.4, 0.5) is 13.2 Å². The summed E-state index contributed by atoms with van der Waals surface area (Å²) in [6, 6.07) is 15.6. The molecule has 0 aliphatic rings. The molecule has 3 aromatic rings. The first-order valence-corrected chi connectivity index (χ1v) is 8.69. The summed E-state index contributed by atoms with van der Waals surface area (Å²) < 4.78 is 39.0. The van der Waals surface area contributed by atoms with Crippen LogP contribution in [0.5, 0.6) is 0 Å². The first-order valence-electron chi connectivity index (χ1n) is 8.69. The molecule has 0 radical (unpaired) electrons. The van der Waals surface area contributed by atoms with Gasteiger partial charge < -0.3 is 10.6 Å². The first-order chi connectivity index (χ1) is 13.8. The van der Waals surface area contributed by atoms with Gasteiger partial charge in [-0.3, -0.25) is 9.59 Å². The number of hydrogen-bond acceptors (Lipinski definition) is 3. The van der Waals surface area contributed by atoms with Gasteiger partial charge in [0.1, 0.15) is 0 Å². The third-order valence-corrected chi connectivity index (χ3v) is 4.01. The van der Waals surface area contributed by atoms with E-state index in [0.717, 1.165) is 10.7 Å². The van der Waals surface area contributed by atoms with Crippen LogP contribution >= 0.6 is 0 Å². The van der Waals surface area contributed by atoms with Crippen LogP contribution < -0.4 is 10.6 Å². The van der Waals surface area contributed by atoms with E-state index in [0.29, 0.717) is 16.8 Å². The second-order valence-corrected chi connectivity index (χ2v) is 6.07. The lowest BCUT2D eigenvalue weighted by molar-refractivity contribution is -0.141. The van der Waals surface area contributed by atoms with Crippen LogP contribution in [0.2, 0.25) is 0 Å². The van der Waals surface area contributed by atoms with Crippen LogP contribution in [0.15, 0.2) is 66.9 Å². The molecule has 0 fully saturated rings. The lowest BCUT2D eigenvalue weighted by Crippen LogP contribution is -2.34. The smallest absolute Gasteiger partial charge is 0.350 e. The van der Waals surface area contributed by atoms with E-state index >= 15 is 0 Å². The molecule has 0 saturated carbocycles. The number of aromatic nitrogens is 2. The number of carbonyl (C=O) groups excluding carboxylic acids is 2. The highest BCUT2D eigenvalue weighted by Crippen LogP contribution is 2.27. The van der Waals surface area contributed by atoms with E-state index in [2.05, 4.69) is 15.7 Å². The highest BCUT2D eigenvalue weighted by Gasteiger charge is 2.33. The zero-order valence-electron chi connectivity index (χ0n) is 15.1. The largest absolute Gasteiger partial charge is 0.435 e. The van der Waals surface area contributed by atoms with Crippen molar-refractivity contribution in [2.75, 3.05) is 13.1 Å². The SMILES string of the molecule is O=C(NCCNC(=O)c1ccc(-n2ccc(C(F)(F)F)n2)cc1)c1ccccc1. The fraction of sp³-hybridized carbons (Fsp3) is 0.150. The summed E-state index contributed by atoms with van der Waals surface area (Å²) in [7, 11) is 0. The third-order valence-electron chi connectivity index (χ3n) is 4.01. The number of halogens is 3. The molecule has 0 unspecified atom stereocenters. The van der Waals surface area contributed by atoms with Gasteiger partial charge in [0.2, 0.25) is 0 Å². The van der Waals surface area contributed by atoms with Gasteiger partial charge in [0, 0.05) is 30.4 Å². The minimum Gasteiger partial charge on any atom is -0.350 e. The van der Waals surface area contributed by atoms with Gasteiger partial charge in [-0.25, -0.2) is 4.68 Å². The van der Waals surface area contributed by atoms with Crippen LogP contribution in [0.1, 0.15) is 26.4 Å². The molecule has 0 aliphatic carbocycles. The van der Waals surface area contributed by atoms with Crippen LogP contribution in [-0.4, -0.2) is 34.7 Å². The van der Waals surface area contributed by atoms with E-state index in [1.807, 2.05) is 6.07 Å². The lowest BCUT2D eigenvalue weighted by Gasteiger charge is -2.08. The molecular formula is C20H17F3N4O2. The van der Waals surface area contributed by atoms with Gasteiger partial charge in [-0.05, 0) is 42.5 Å². The Hall–Kier alpha value is -3.62. The highest BCUT2D eigenvalue weighted by molar-refractivity contribution is 5.95. The molecule has 0 atom stereocenters. The Morgan fingerprint density at radius 2 is 1.38 bits per heavy atom. The molecule has 0 aliphatic heterocycles. The first kappa shape index (κ1) is 20.1. The van der Waals surface area contributed by atoms with Gasteiger partial charge in [0.25, 0.3) is 11.8 Å². The molecular weight excluding hydrogens is 385 g/mol. The van der Waals surface area contributed by atoms with E-state index in [-0.39, 0.29) is 24.9 Å². The summed E-state index contributed by atoms with van der Waals surface area (Å²) in [5.74, 6) is -0.594. The Kier molecular flexibility index (Phi) is 5.96. The second-order valence-electron chi connectivity index (χ2n) is 6.07. The molecule has 9 heteroatoms. The predicted octanol–water partition coefficient (Wildman–Crippen LogP) is 3.05. The van der Waals surface area contributed by atoms with Crippen LogP contribution in [-0.2, 0) is 6.18 Å². The maximum Gasteiger partial charge on any atom is 0.435 e.